The molecular formula is C16H12N2O2. The summed E-state index contributed by atoms with van der Waals surface area (Å²) >= 11 is 0. The van der Waals surface area contributed by atoms with Crippen LogP contribution < -0.4 is 4.74 Å². The second-order valence-corrected chi connectivity index (χ2v) is 4.60. The number of rotatable bonds is 3. The summed E-state index contributed by atoms with van der Waals surface area (Å²) < 4.78 is 5.15. The summed E-state index contributed by atoms with van der Waals surface area (Å²) in [5, 5.41) is 8.11. The quantitative estimate of drug-likeness (QED) is 0.395. The molecule has 3 rings (SSSR count). The van der Waals surface area contributed by atoms with Crippen LogP contribution in [0.25, 0.3) is 11.1 Å². The highest BCUT2D eigenvalue weighted by molar-refractivity contribution is 5.89. The minimum atomic E-state index is -0.422. The fraction of sp³-hybridized carbons (Fsp3) is 0.0625. The van der Waals surface area contributed by atoms with Crippen molar-refractivity contribution in [3.05, 3.63) is 54.6 Å². The van der Waals surface area contributed by atoms with E-state index in [9.17, 15) is 4.79 Å². The first kappa shape index (κ1) is 12.3. The van der Waals surface area contributed by atoms with Crippen LogP contribution in [-0.4, -0.2) is 5.97 Å². The molecule has 20 heavy (non-hydrogen) atoms. The molecule has 2 aromatic carbocycles. The standard InChI is InChI=1S/C16H12N2O2/c1-10(2)16(19)20-13-6-3-11(4-7-13)14-8-5-12-9-15(14)18-17-12/h3-9H,1H2,2H3. The Bertz CT molecular complexity index is 731. The van der Waals surface area contributed by atoms with Crippen molar-refractivity contribution in [1.29, 1.82) is 0 Å². The largest absolute Gasteiger partial charge is 0.423 e. The van der Waals surface area contributed by atoms with E-state index in [0.717, 1.165) is 22.5 Å². The zero-order valence-corrected chi connectivity index (χ0v) is 11.0. The van der Waals surface area contributed by atoms with E-state index in [-0.39, 0.29) is 0 Å². The first-order valence-electron chi connectivity index (χ1n) is 6.17. The molecule has 0 saturated heterocycles. The van der Waals surface area contributed by atoms with Gasteiger partial charge in [0.25, 0.3) is 0 Å². The summed E-state index contributed by atoms with van der Waals surface area (Å²) in [6.07, 6.45) is 0. The maximum atomic E-state index is 11.4. The van der Waals surface area contributed by atoms with Gasteiger partial charge in [0.1, 0.15) is 5.75 Å². The molecule has 0 spiro atoms. The predicted molar refractivity (Wildman–Crippen MR) is 76.5 cm³/mol. The van der Waals surface area contributed by atoms with E-state index in [4.69, 9.17) is 4.74 Å². The van der Waals surface area contributed by atoms with Gasteiger partial charge in [-0.1, -0.05) is 18.7 Å². The number of hydrogen-bond acceptors (Lipinski definition) is 4. The maximum absolute atomic E-state index is 11.4. The van der Waals surface area contributed by atoms with E-state index >= 15 is 0 Å². The Hall–Kier alpha value is -2.75. The lowest BCUT2D eigenvalue weighted by Gasteiger charge is -2.06. The summed E-state index contributed by atoms with van der Waals surface area (Å²) in [4.78, 5) is 11.4. The van der Waals surface area contributed by atoms with E-state index in [1.54, 1.807) is 19.1 Å². The van der Waals surface area contributed by atoms with Gasteiger partial charge in [-0.25, -0.2) is 4.79 Å². The predicted octanol–water partition coefficient (Wildman–Crippen LogP) is 4.56. The van der Waals surface area contributed by atoms with Crippen LogP contribution in [0.4, 0.5) is 11.4 Å². The molecule has 4 heteroatoms. The molecule has 4 nitrogen and oxygen atoms in total. The molecule has 1 aliphatic rings. The Labute approximate surface area is 116 Å². The topological polar surface area (TPSA) is 51.0 Å². The van der Waals surface area contributed by atoms with Crippen molar-refractivity contribution in [2.75, 3.05) is 0 Å². The van der Waals surface area contributed by atoms with Crippen LogP contribution in [0, 0.1) is 0 Å². The number of fused-ring (bicyclic) bond motifs is 2. The highest BCUT2D eigenvalue weighted by Crippen LogP contribution is 2.39. The lowest BCUT2D eigenvalue weighted by molar-refractivity contribution is -0.130. The van der Waals surface area contributed by atoms with E-state index < -0.39 is 5.97 Å². The van der Waals surface area contributed by atoms with Crippen LogP contribution >= 0.6 is 0 Å². The van der Waals surface area contributed by atoms with Gasteiger partial charge in [-0.05, 0) is 42.8 Å². The van der Waals surface area contributed by atoms with Crippen LogP contribution in [-0.2, 0) is 4.79 Å². The van der Waals surface area contributed by atoms with Crippen molar-refractivity contribution in [3.8, 4) is 16.9 Å². The highest BCUT2D eigenvalue weighted by atomic mass is 16.5. The van der Waals surface area contributed by atoms with Crippen LogP contribution in [0.2, 0.25) is 0 Å². The van der Waals surface area contributed by atoms with Gasteiger partial charge in [0, 0.05) is 11.1 Å². The van der Waals surface area contributed by atoms with Crippen molar-refractivity contribution in [1.82, 2.24) is 0 Å². The van der Waals surface area contributed by atoms with E-state index in [0.29, 0.717) is 11.3 Å². The SMILES string of the molecule is C=C(C)C(=O)Oc1ccc(-c2ccc3cc2N=N3)cc1. The Kier molecular flexibility index (Phi) is 2.91. The van der Waals surface area contributed by atoms with Crippen molar-refractivity contribution in [3.63, 3.8) is 0 Å². The lowest BCUT2D eigenvalue weighted by Crippen LogP contribution is -2.07. The molecule has 0 aliphatic carbocycles. The van der Waals surface area contributed by atoms with Gasteiger partial charge < -0.3 is 4.74 Å². The summed E-state index contributed by atoms with van der Waals surface area (Å²) in [7, 11) is 0. The minimum Gasteiger partial charge on any atom is -0.423 e. The molecule has 1 aliphatic heterocycles. The molecule has 0 amide bonds. The number of ether oxygens (including phenoxy) is 1. The van der Waals surface area contributed by atoms with Crippen molar-refractivity contribution >= 4 is 17.3 Å². The maximum Gasteiger partial charge on any atom is 0.338 e. The lowest BCUT2D eigenvalue weighted by atomic mass is 10.0. The molecule has 0 radical (unpaired) electrons. The number of carbonyl (C=O) groups excluding carboxylic acids is 1. The van der Waals surface area contributed by atoms with Gasteiger partial charge in [0.05, 0.1) is 11.4 Å². The zero-order valence-electron chi connectivity index (χ0n) is 11.0. The first-order valence-corrected chi connectivity index (χ1v) is 6.17. The third-order valence-electron chi connectivity index (χ3n) is 2.98. The van der Waals surface area contributed by atoms with Gasteiger partial charge in [-0.15, -0.1) is 5.11 Å². The highest BCUT2D eigenvalue weighted by Gasteiger charge is 2.11. The second-order valence-electron chi connectivity index (χ2n) is 4.60. The van der Waals surface area contributed by atoms with Gasteiger partial charge >= 0.3 is 5.97 Å². The third kappa shape index (κ3) is 2.23. The Morgan fingerprint density at radius 3 is 2.55 bits per heavy atom. The Morgan fingerprint density at radius 2 is 1.85 bits per heavy atom. The first-order chi connectivity index (χ1) is 9.63. The normalized spacial score (nSPS) is 11.4. The summed E-state index contributed by atoms with van der Waals surface area (Å²) in [5.74, 6) is 0.0749. The Morgan fingerprint density at radius 1 is 1.10 bits per heavy atom. The number of azo groups is 1. The van der Waals surface area contributed by atoms with Gasteiger partial charge in [-0.2, -0.15) is 5.11 Å². The van der Waals surface area contributed by atoms with E-state index in [1.807, 2.05) is 30.3 Å². The van der Waals surface area contributed by atoms with E-state index in [2.05, 4.69) is 16.8 Å². The molecule has 0 atom stereocenters. The van der Waals surface area contributed by atoms with Crippen LogP contribution in [0.3, 0.4) is 0 Å². The summed E-state index contributed by atoms with van der Waals surface area (Å²) in [6, 6.07) is 13.1. The third-order valence-corrected chi connectivity index (χ3v) is 2.98. The number of hydrogen-bond donors (Lipinski definition) is 0. The molecular weight excluding hydrogens is 252 g/mol. The average molecular weight is 264 g/mol. The minimum absolute atomic E-state index is 0.373. The zero-order chi connectivity index (χ0) is 14.1. The van der Waals surface area contributed by atoms with Crippen LogP contribution in [0.1, 0.15) is 6.92 Å². The number of nitrogens with zero attached hydrogens (tertiary/aromatic N) is 2. The second kappa shape index (κ2) is 4.74. The number of esters is 1. The fourth-order valence-electron chi connectivity index (χ4n) is 1.92. The number of benzene rings is 2. The molecule has 0 fully saturated rings. The van der Waals surface area contributed by atoms with Crippen molar-refractivity contribution < 1.29 is 9.53 Å². The molecule has 1 heterocycles. The van der Waals surface area contributed by atoms with Gasteiger partial charge in [0.15, 0.2) is 0 Å². The number of carbonyl (C=O) groups is 1. The molecule has 0 aromatic heterocycles. The fourth-order valence-corrected chi connectivity index (χ4v) is 1.92. The molecule has 0 unspecified atom stereocenters. The Balaban J connectivity index is 1.85. The molecule has 2 aromatic rings. The van der Waals surface area contributed by atoms with Crippen LogP contribution in [0.5, 0.6) is 5.75 Å². The molecule has 98 valence electrons. The van der Waals surface area contributed by atoms with Gasteiger partial charge in [0.2, 0.25) is 0 Å². The van der Waals surface area contributed by atoms with Crippen molar-refractivity contribution in [2.24, 2.45) is 10.2 Å². The van der Waals surface area contributed by atoms with Crippen LogP contribution in [0.15, 0.2) is 64.8 Å². The molecule has 0 N–H and O–H groups in total. The monoisotopic (exact) mass is 264 g/mol. The van der Waals surface area contributed by atoms with E-state index in [1.165, 1.54) is 0 Å². The molecule has 2 bridgehead atoms. The average Bonchev–Trinajstić information content (AvgIpc) is 2.82. The van der Waals surface area contributed by atoms with Crippen molar-refractivity contribution in [2.45, 2.75) is 6.92 Å². The smallest absolute Gasteiger partial charge is 0.338 e. The van der Waals surface area contributed by atoms with Gasteiger partial charge in [-0.3, -0.25) is 0 Å². The molecule has 0 saturated carbocycles. The summed E-state index contributed by atoms with van der Waals surface area (Å²) in [6.45, 7) is 5.16. The summed E-state index contributed by atoms with van der Waals surface area (Å²) in [5.41, 5.74) is 4.11.